The predicted octanol–water partition coefficient (Wildman–Crippen LogP) is 1.96. The summed E-state index contributed by atoms with van der Waals surface area (Å²) in [7, 11) is -2.93. The fourth-order valence-corrected chi connectivity index (χ4v) is 3.61. The van der Waals surface area contributed by atoms with Gasteiger partial charge in [-0.2, -0.15) is 0 Å². The minimum atomic E-state index is -2.93. The maximum atomic E-state index is 13.8. The summed E-state index contributed by atoms with van der Waals surface area (Å²) in [5.41, 5.74) is 1.38. The molecule has 0 amide bonds. The zero-order valence-corrected chi connectivity index (χ0v) is 11.6. The number of hydrogen-bond acceptors (Lipinski definition) is 3. The molecule has 3 nitrogen and oxygen atoms in total. The first kappa shape index (κ1) is 12.8. The molecule has 0 radical (unpaired) electrons. The van der Waals surface area contributed by atoms with Crippen LogP contribution in [0.5, 0.6) is 0 Å². The second kappa shape index (κ2) is 4.94. The number of alkyl halides is 1. The van der Waals surface area contributed by atoms with Crippen LogP contribution >= 0.6 is 15.9 Å². The van der Waals surface area contributed by atoms with Gasteiger partial charge >= 0.3 is 0 Å². The number of hydrogen-bond donors (Lipinski definition) is 0. The van der Waals surface area contributed by atoms with Crippen LogP contribution < -0.4 is 4.90 Å². The highest BCUT2D eigenvalue weighted by molar-refractivity contribution is 9.08. The van der Waals surface area contributed by atoms with E-state index in [2.05, 4.69) is 15.9 Å². The Bertz CT molecular complexity index is 504. The Balaban J connectivity index is 2.29. The third-order valence-electron chi connectivity index (χ3n) is 2.87. The molecule has 0 spiro atoms. The number of benzene rings is 1. The van der Waals surface area contributed by atoms with Gasteiger partial charge in [0.1, 0.15) is 5.82 Å². The molecule has 1 aromatic carbocycles. The summed E-state index contributed by atoms with van der Waals surface area (Å²) in [6, 6.07) is 4.91. The topological polar surface area (TPSA) is 37.4 Å². The van der Waals surface area contributed by atoms with Crippen molar-refractivity contribution in [2.24, 2.45) is 0 Å². The summed E-state index contributed by atoms with van der Waals surface area (Å²) in [6.07, 6.45) is 0. The van der Waals surface area contributed by atoms with Gasteiger partial charge in [0.15, 0.2) is 9.84 Å². The van der Waals surface area contributed by atoms with Crippen molar-refractivity contribution in [1.82, 2.24) is 0 Å². The van der Waals surface area contributed by atoms with Gasteiger partial charge in [-0.25, -0.2) is 12.8 Å². The summed E-state index contributed by atoms with van der Waals surface area (Å²) in [5.74, 6) is -0.0900. The van der Waals surface area contributed by atoms with Crippen molar-refractivity contribution in [3.05, 3.63) is 29.6 Å². The summed E-state index contributed by atoms with van der Waals surface area (Å²) in [5, 5.41) is 0.559. The summed E-state index contributed by atoms with van der Waals surface area (Å²) < 4.78 is 36.5. The number of nitrogens with zero attached hydrogens (tertiary/aromatic N) is 1. The van der Waals surface area contributed by atoms with Crippen molar-refractivity contribution in [1.29, 1.82) is 0 Å². The van der Waals surface area contributed by atoms with E-state index in [0.29, 0.717) is 24.1 Å². The second-order valence-corrected chi connectivity index (χ2v) is 6.88. The Hall–Kier alpha value is -0.620. The number of halogens is 2. The lowest BCUT2D eigenvalue weighted by Gasteiger charge is -2.30. The highest BCUT2D eigenvalue weighted by atomic mass is 79.9. The lowest BCUT2D eigenvalue weighted by atomic mass is 10.1. The predicted molar refractivity (Wildman–Crippen MR) is 69.9 cm³/mol. The van der Waals surface area contributed by atoms with E-state index in [0.717, 1.165) is 5.56 Å². The molecule has 1 saturated heterocycles. The number of anilines is 1. The Kier molecular flexibility index (Phi) is 3.73. The molecule has 2 rings (SSSR count). The third kappa shape index (κ3) is 2.80. The van der Waals surface area contributed by atoms with Gasteiger partial charge in [0.25, 0.3) is 0 Å². The van der Waals surface area contributed by atoms with Crippen molar-refractivity contribution < 1.29 is 12.8 Å². The molecule has 0 aliphatic carbocycles. The SMILES string of the molecule is O=S1(=O)CCN(c2c(F)cccc2CBr)CC1. The summed E-state index contributed by atoms with van der Waals surface area (Å²) in [6.45, 7) is 0.729. The van der Waals surface area contributed by atoms with Crippen LogP contribution in [0.3, 0.4) is 0 Å². The van der Waals surface area contributed by atoms with Gasteiger partial charge < -0.3 is 4.90 Å². The van der Waals surface area contributed by atoms with E-state index in [1.54, 1.807) is 6.07 Å². The Morgan fingerprint density at radius 1 is 1.29 bits per heavy atom. The molecule has 1 aromatic rings. The molecule has 94 valence electrons. The lowest BCUT2D eigenvalue weighted by molar-refractivity contribution is 0.581. The molecule has 0 atom stereocenters. The van der Waals surface area contributed by atoms with Crippen LogP contribution in [-0.4, -0.2) is 33.0 Å². The minimum absolute atomic E-state index is 0.100. The van der Waals surface area contributed by atoms with Crippen LogP contribution in [0.15, 0.2) is 18.2 Å². The molecule has 0 unspecified atom stereocenters. The third-order valence-corrected chi connectivity index (χ3v) is 5.09. The van der Waals surface area contributed by atoms with Crippen molar-refractivity contribution in [3.8, 4) is 0 Å². The van der Waals surface area contributed by atoms with Crippen molar-refractivity contribution >= 4 is 31.5 Å². The molecule has 1 fully saturated rings. The van der Waals surface area contributed by atoms with Gasteiger partial charge in [0.2, 0.25) is 0 Å². The fraction of sp³-hybridized carbons (Fsp3) is 0.455. The van der Waals surface area contributed by atoms with E-state index in [1.165, 1.54) is 6.07 Å². The first-order valence-corrected chi connectivity index (χ1v) is 8.26. The lowest BCUT2D eigenvalue weighted by Crippen LogP contribution is -2.41. The molecule has 0 aromatic heterocycles. The smallest absolute Gasteiger partial charge is 0.153 e. The Morgan fingerprint density at radius 3 is 2.53 bits per heavy atom. The van der Waals surface area contributed by atoms with Gasteiger partial charge in [-0.3, -0.25) is 0 Å². The van der Waals surface area contributed by atoms with Crippen molar-refractivity contribution in [3.63, 3.8) is 0 Å². The van der Waals surface area contributed by atoms with Crippen LogP contribution in [0.2, 0.25) is 0 Å². The molecule has 1 aliphatic rings. The van der Waals surface area contributed by atoms with Gasteiger partial charge in [-0.1, -0.05) is 28.1 Å². The minimum Gasteiger partial charge on any atom is -0.367 e. The highest BCUT2D eigenvalue weighted by Gasteiger charge is 2.24. The normalized spacial score (nSPS) is 19.3. The van der Waals surface area contributed by atoms with Crippen LogP contribution in [0.4, 0.5) is 10.1 Å². The molecule has 0 N–H and O–H groups in total. The van der Waals surface area contributed by atoms with E-state index in [1.807, 2.05) is 11.0 Å². The first-order chi connectivity index (χ1) is 8.03. The molecule has 6 heteroatoms. The molecule has 1 aliphatic heterocycles. The van der Waals surface area contributed by atoms with Crippen molar-refractivity contribution in [2.45, 2.75) is 5.33 Å². The van der Waals surface area contributed by atoms with Crippen LogP contribution in [0.25, 0.3) is 0 Å². The fourth-order valence-electron chi connectivity index (χ4n) is 1.96. The summed E-state index contributed by atoms with van der Waals surface area (Å²) >= 11 is 3.32. The van der Waals surface area contributed by atoms with Gasteiger partial charge in [0.05, 0.1) is 17.2 Å². The number of rotatable bonds is 2. The largest absolute Gasteiger partial charge is 0.367 e. The highest BCUT2D eigenvalue weighted by Crippen LogP contribution is 2.27. The molecular formula is C11H13BrFNO2S. The van der Waals surface area contributed by atoms with Crippen LogP contribution in [0.1, 0.15) is 5.56 Å². The monoisotopic (exact) mass is 321 g/mol. The Labute approximate surface area is 109 Å². The Morgan fingerprint density at radius 2 is 1.94 bits per heavy atom. The van der Waals surface area contributed by atoms with E-state index in [9.17, 15) is 12.8 Å². The van der Waals surface area contributed by atoms with E-state index in [-0.39, 0.29) is 17.3 Å². The molecule has 0 bridgehead atoms. The van der Waals surface area contributed by atoms with Gasteiger partial charge in [0, 0.05) is 18.4 Å². The van der Waals surface area contributed by atoms with E-state index < -0.39 is 9.84 Å². The standard InChI is InChI=1S/C11H13BrFNO2S/c12-8-9-2-1-3-10(13)11(9)14-4-6-17(15,16)7-5-14/h1-3H,4-8H2. The number of para-hydroxylation sites is 1. The van der Waals surface area contributed by atoms with Crippen LogP contribution in [-0.2, 0) is 15.2 Å². The molecule has 0 saturated carbocycles. The second-order valence-electron chi connectivity index (χ2n) is 4.02. The molecule has 1 heterocycles. The quantitative estimate of drug-likeness (QED) is 0.781. The zero-order chi connectivity index (χ0) is 12.5. The van der Waals surface area contributed by atoms with Crippen LogP contribution in [0, 0.1) is 5.82 Å². The maximum Gasteiger partial charge on any atom is 0.153 e. The maximum absolute atomic E-state index is 13.8. The van der Waals surface area contributed by atoms with Crippen molar-refractivity contribution in [2.75, 3.05) is 29.5 Å². The summed E-state index contributed by atoms with van der Waals surface area (Å²) in [4.78, 5) is 1.81. The molecular weight excluding hydrogens is 309 g/mol. The van der Waals surface area contributed by atoms with Gasteiger partial charge in [-0.05, 0) is 11.6 Å². The molecule has 17 heavy (non-hydrogen) atoms. The zero-order valence-electron chi connectivity index (χ0n) is 9.20. The average Bonchev–Trinajstić information content (AvgIpc) is 2.29. The number of sulfone groups is 1. The average molecular weight is 322 g/mol. The van der Waals surface area contributed by atoms with E-state index in [4.69, 9.17) is 0 Å². The van der Waals surface area contributed by atoms with E-state index >= 15 is 0 Å². The first-order valence-electron chi connectivity index (χ1n) is 5.32. The van der Waals surface area contributed by atoms with Gasteiger partial charge in [-0.15, -0.1) is 0 Å².